The first kappa shape index (κ1) is 16.2. The van der Waals surface area contributed by atoms with E-state index < -0.39 is 6.61 Å². The molecule has 2 aromatic carbocycles. The Bertz CT molecular complexity index is 660. The first-order valence-electron chi connectivity index (χ1n) is 6.64. The fourth-order valence-electron chi connectivity index (χ4n) is 1.96. The third kappa shape index (κ3) is 4.66. The number of hydrogen-bond acceptors (Lipinski definition) is 2. The minimum atomic E-state index is -2.83. The second-order valence-electron chi connectivity index (χ2n) is 4.80. The Labute approximate surface area is 133 Å². The quantitative estimate of drug-likeness (QED) is 0.799. The molecule has 116 valence electrons. The highest BCUT2D eigenvalue weighted by Crippen LogP contribution is 2.19. The molecule has 0 unspecified atom stereocenters. The monoisotopic (exact) mass is 322 g/mol. The number of ether oxygens (including phenoxy) is 1. The molecule has 0 fully saturated rings. The number of halogens is 2. The molecule has 0 bridgehead atoms. The molecule has 2 rings (SSSR count). The summed E-state index contributed by atoms with van der Waals surface area (Å²) in [6, 6.07) is 12.2. The summed E-state index contributed by atoms with van der Waals surface area (Å²) < 4.78 is 28.4. The first-order valence-corrected chi connectivity index (χ1v) is 7.05. The van der Waals surface area contributed by atoms with Crippen LogP contribution in [0.3, 0.4) is 0 Å². The summed E-state index contributed by atoms with van der Waals surface area (Å²) in [4.78, 5) is 0. The summed E-state index contributed by atoms with van der Waals surface area (Å²) in [5.41, 5.74) is 3.87. The van der Waals surface area contributed by atoms with Crippen molar-refractivity contribution in [1.29, 1.82) is 0 Å². The van der Waals surface area contributed by atoms with Crippen LogP contribution in [0.1, 0.15) is 11.1 Å². The predicted molar refractivity (Wildman–Crippen MR) is 88.8 cm³/mol. The van der Waals surface area contributed by atoms with E-state index >= 15 is 0 Å². The van der Waals surface area contributed by atoms with Gasteiger partial charge in [-0.2, -0.15) is 8.78 Å². The number of nitrogens with one attached hydrogen (secondary N) is 2. The van der Waals surface area contributed by atoms with Gasteiger partial charge in [-0.25, -0.2) is 0 Å². The van der Waals surface area contributed by atoms with E-state index in [1.54, 1.807) is 12.1 Å². The maximum Gasteiger partial charge on any atom is 0.387 e. The van der Waals surface area contributed by atoms with E-state index in [1.807, 2.05) is 26.0 Å². The van der Waals surface area contributed by atoms with Crippen molar-refractivity contribution in [3.8, 4) is 5.75 Å². The van der Waals surface area contributed by atoms with Crippen LogP contribution in [0.4, 0.5) is 20.2 Å². The largest absolute Gasteiger partial charge is 0.435 e. The van der Waals surface area contributed by atoms with Gasteiger partial charge in [0.2, 0.25) is 0 Å². The van der Waals surface area contributed by atoms with Crippen molar-refractivity contribution < 1.29 is 13.5 Å². The molecule has 0 amide bonds. The molecule has 0 heterocycles. The summed E-state index contributed by atoms with van der Waals surface area (Å²) in [5.74, 6) is 0.105. The minimum Gasteiger partial charge on any atom is -0.435 e. The number of hydrogen-bond donors (Lipinski definition) is 2. The Morgan fingerprint density at radius 2 is 1.73 bits per heavy atom. The lowest BCUT2D eigenvalue weighted by atomic mass is 10.1. The first-order chi connectivity index (χ1) is 10.4. The molecular weight excluding hydrogens is 306 g/mol. The second kappa shape index (κ2) is 7.17. The van der Waals surface area contributed by atoms with Gasteiger partial charge in [0, 0.05) is 11.4 Å². The lowest BCUT2D eigenvalue weighted by Crippen LogP contribution is -2.19. The SMILES string of the molecule is Cc1ccc(NC(=S)Nc2ccc(OC(F)F)cc2)c(C)c1. The number of aryl methyl sites for hydroxylation is 2. The molecule has 2 aromatic rings. The van der Waals surface area contributed by atoms with Gasteiger partial charge in [0.25, 0.3) is 0 Å². The van der Waals surface area contributed by atoms with E-state index in [0.29, 0.717) is 10.8 Å². The normalized spacial score (nSPS) is 10.4. The molecule has 0 radical (unpaired) electrons. The van der Waals surface area contributed by atoms with Crippen molar-refractivity contribution >= 4 is 28.7 Å². The Kier molecular flexibility index (Phi) is 5.27. The van der Waals surface area contributed by atoms with Crippen LogP contribution in [0.15, 0.2) is 42.5 Å². The van der Waals surface area contributed by atoms with Crippen molar-refractivity contribution in [2.24, 2.45) is 0 Å². The predicted octanol–water partition coefficient (Wildman–Crippen LogP) is 4.71. The summed E-state index contributed by atoms with van der Waals surface area (Å²) in [6.07, 6.45) is 0. The number of anilines is 2. The van der Waals surface area contributed by atoms with Crippen molar-refractivity contribution in [1.82, 2.24) is 0 Å². The number of rotatable bonds is 4. The van der Waals surface area contributed by atoms with Crippen molar-refractivity contribution in [2.75, 3.05) is 10.6 Å². The topological polar surface area (TPSA) is 33.3 Å². The third-order valence-electron chi connectivity index (χ3n) is 2.97. The fourth-order valence-corrected chi connectivity index (χ4v) is 2.19. The second-order valence-corrected chi connectivity index (χ2v) is 5.21. The van der Waals surface area contributed by atoms with Crippen molar-refractivity contribution in [3.05, 3.63) is 53.6 Å². The van der Waals surface area contributed by atoms with Gasteiger partial charge in [0.15, 0.2) is 5.11 Å². The van der Waals surface area contributed by atoms with E-state index in [0.717, 1.165) is 11.3 Å². The number of thiocarbonyl (C=S) groups is 1. The molecule has 0 aliphatic heterocycles. The fraction of sp³-hybridized carbons (Fsp3) is 0.188. The molecule has 0 aliphatic carbocycles. The third-order valence-corrected chi connectivity index (χ3v) is 3.17. The van der Waals surface area contributed by atoms with Crippen LogP contribution in [0.2, 0.25) is 0 Å². The van der Waals surface area contributed by atoms with Gasteiger partial charge in [0.1, 0.15) is 5.75 Å². The summed E-state index contributed by atoms with van der Waals surface area (Å²) in [7, 11) is 0. The lowest BCUT2D eigenvalue weighted by Gasteiger charge is -2.13. The lowest BCUT2D eigenvalue weighted by molar-refractivity contribution is -0.0498. The smallest absolute Gasteiger partial charge is 0.387 e. The molecular formula is C16H16F2N2OS. The molecule has 0 atom stereocenters. The summed E-state index contributed by atoms with van der Waals surface area (Å²) >= 11 is 5.24. The number of benzene rings is 2. The zero-order valence-corrected chi connectivity index (χ0v) is 13.0. The molecule has 0 spiro atoms. The van der Waals surface area contributed by atoms with E-state index in [-0.39, 0.29) is 5.75 Å². The molecule has 2 N–H and O–H groups in total. The van der Waals surface area contributed by atoms with Crippen LogP contribution in [0, 0.1) is 13.8 Å². The summed E-state index contributed by atoms with van der Waals surface area (Å²) in [5, 5.41) is 6.52. The van der Waals surface area contributed by atoms with E-state index in [1.165, 1.54) is 17.7 Å². The van der Waals surface area contributed by atoms with E-state index in [9.17, 15) is 8.78 Å². The Morgan fingerprint density at radius 1 is 1.05 bits per heavy atom. The van der Waals surface area contributed by atoms with E-state index in [4.69, 9.17) is 12.2 Å². The van der Waals surface area contributed by atoms with Gasteiger partial charge in [-0.15, -0.1) is 0 Å². The highest BCUT2D eigenvalue weighted by molar-refractivity contribution is 7.80. The van der Waals surface area contributed by atoms with Crippen LogP contribution in [-0.4, -0.2) is 11.7 Å². The van der Waals surface area contributed by atoms with Gasteiger partial charge in [-0.1, -0.05) is 17.7 Å². The standard InChI is InChI=1S/C16H16F2N2OS/c1-10-3-8-14(11(2)9-10)20-16(22)19-12-4-6-13(7-5-12)21-15(17)18/h3-9,15H,1-2H3,(H2,19,20,22). The van der Waals surface area contributed by atoms with Gasteiger partial charge >= 0.3 is 6.61 Å². The van der Waals surface area contributed by atoms with Crippen LogP contribution < -0.4 is 15.4 Å². The average Bonchev–Trinajstić information content (AvgIpc) is 2.43. The summed E-state index contributed by atoms with van der Waals surface area (Å²) in [6.45, 7) is 1.19. The highest BCUT2D eigenvalue weighted by atomic mass is 32.1. The zero-order chi connectivity index (χ0) is 16.1. The molecule has 3 nitrogen and oxygen atoms in total. The van der Waals surface area contributed by atoms with Crippen molar-refractivity contribution in [2.45, 2.75) is 20.5 Å². The van der Waals surface area contributed by atoms with Crippen molar-refractivity contribution in [3.63, 3.8) is 0 Å². The van der Waals surface area contributed by atoms with Gasteiger partial charge in [0.05, 0.1) is 0 Å². The molecule has 6 heteroatoms. The molecule has 22 heavy (non-hydrogen) atoms. The van der Waals surface area contributed by atoms with Gasteiger partial charge < -0.3 is 15.4 Å². The van der Waals surface area contributed by atoms with E-state index in [2.05, 4.69) is 21.4 Å². The van der Waals surface area contributed by atoms with Crippen LogP contribution >= 0.6 is 12.2 Å². The average molecular weight is 322 g/mol. The van der Waals surface area contributed by atoms with Crippen LogP contribution in [0.5, 0.6) is 5.75 Å². The molecule has 0 saturated carbocycles. The number of alkyl halides is 2. The Hall–Kier alpha value is -2.21. The molecule has 0 aromatic heterocycles. The molecule has 0 saturated heterocycles. The van der Waals surface area contributed by atoms with Gasteiger partial charge in [-0.3, -0.25) is 0 Å². The Morgan fingerprint density at radius 3 is 2.32 bits per heavy atom. The van der Waals surface area contributed by atoms with Crippen LogP contribution in [-0.2, 0) is 0 Å². The van der Waals surface area contributed by atoms with Gasteiger partial charge in [-0.05, 0) is 62.0 Å². The maximum atomic E-state index is 12.1. The van der Waals surface area contributed by atoms with Crippen LogP contribution in [0.25, 0.3) is 0 Å². The zero-order valence-electron chi connectivity index (χ0n) is 12.2. The highest BCUT2D eigenvalue weighted by Gasteiger charge is 2.05. The molecule has 0 aliphatic rings. The minimum absolute atomic E-state index is 0.105. The maximum absolute atomic E-state index is 12.1. The Balaban J connectivity index is 1.97.